The standard InChI is InChI=1S/C35H37N9O2/c1-23-19-37-32(25-8-5-13-36-20-25)40-31(23)29-18-26-21-38-35(39-27-9-11-28(12-10-27)43-16-14-42(2)15-17-43)41-33(26)44(34(29)46)22-30(45)24-6-3-4-7-24/h5,8-13,18-21,24H,3-4,6-7,14-17,22H2,1-2H3,(H,38,39,41). The molecule has 11 heteroatoms. The number of aryl methyl sites for hydroxylation is 1. The van der Waals surface area contributed by atoms with Crippen LogP contribution in [-0.2, 0) is 11.3 Å². The van der Waals surface area contributed by atoms with Gasteiger partial charge in [0, 0.05) is 79.2 Å². The molecule has 0 radical (unpaired) electrons. The van der Waals surface area contributed by atoms with Gasteiger partial charge in [-0.15, -0.1) is 0 Å². The van der Waals surface area contributed by atoms with Crippen LogP contribution in [0.1, 0.15) is 31.2 Å². The summed E-state index contributed by atoms with van der Waals surface area (Å²) in [5.41, 5.74) is 4.48. The van der Waals surface area contributed by atoms with Crippen LogP contribution in [0.15, 0.2) is 72.0 Å². The molecule has 1 saturated heterocycles. The Bertz CT molecular complexity index is 1930. The van der Waals surface area contributed by atoms with E-state index in [1.807, 2.05) is 31.2 Å². The summed E-state index contributed by atoms with van der Waals surface area (Å²) in [6.07, 6.45) is 10.6. The van der Waals surface area contributed by atoms with Gasteiger partial charge in [0.1, 0.15) is 5.65 Å². The van der Waals surface area contributed by atoms with Crippen molar-refractivity contribution in [3.05, 3.63) is 83.2 Å². The third-order valence-electron chi connectivity index (χ3n) is 9.09. The minimum Gasteiger partial charge on any atom is -0.369 e. The molecule has 2 fully saturated rings. The summed E-state index contributed by atoms with van der Waals surface area (Å²) >= 11 is 0. The van der Waals surface area contributed by atoms with Gasteiger partial charge < -0.3 is 15.1 Å². The van der Waals surface area contributed by atoms with Gasteiger partial charge in [0.05, 0.1) is 17.8 Å². The van der Waals surface area contributed by atoms with E-state index < -0.39 is 0 Å². The van der Waals surface area contributed by atoms with Crippen molar-refractivity contribution in [3.63, 3.8) is 0 Å². The number of rotatable bonds is 8. The van der Waals surface area contributed by atoms with Crippen LogP contribution >= 0.6 is 0 Å². The van der Waals surface area contributed by atoms with Crippen LogP contribution in [0.3, 0.4) is 0 Å². The number of pyridine rings is 2. The Morgan fingerprint density at radius 3 is 2.48 bits per heavy atom. The topological polar surface area (TPSA) is 122 Å². The van der Waals surface area contributed by atoms with Gasteiger partial charge in [0.25, 0.3) is 5.56 Å². The minimum atomic E-state index is -0.320. The molecule has 0 amide bonds. The van der Waals surface area contributed by atoms with Crippen LogP contribution in [-0.4, -0.2) is 73.4 Å². The van der Waals surface area contributed by atoms with Crippen molar-refractivity contribution in [1.29, 1.82) is 0 Å². The first-order chi connectivity index (χ1) is 22.4. The van der Waals surface area contributed by atoms with E-state index in [0.717, 1.165) is 68.7 Å². The van der Waals surface area contributed by atoms with Crippen molar-refractivity contribution in [3.8, 4) is 22.6 Å². The number of likely N-dealkylation sites (N-methyl/N-ethyl adjacent to an activating group) is 1. The third kappa shape index (κ3) is 6.10. The number of hydrogen-bond acceptors (Lipinski definition) is 10. The molecule has 0 bridgehead atoms. The Morgan fingerprint density at radius 2 is 1.74 bits per heavy atom. The van der Waals surface area contributed by atoms with Gasteiger partial charge in [0.15, 0.2) is 11.6 Å². The van der Waals surface area contributed by atoms with E-state index in [0.29, 0.717) is 34.1 Å². The maximum atomic E-state index is 14.3. The first-order valence-electron chi connectivity index (χ1n) is 15.9. The Hall–Kier alpha value is -5.03. The summed E-state index contributed by atoms with van der Waals surface area (Å²) in [7, 11) is 2.15. The number of anilines is 3. The van der Waals surface area contributed by atoms with Crippen molar-refractivity contribution in [2.24, 2.45) is 5.92 Å². The van der Waals surface area contributed by atoms with Gasteiger partial charge in [-0.2, -0.15) is 4.98 Å². The van der Waals surface area contributed by atoms with Gasteiger partial charge in [0.2, 0.25) is 5.95 Å². The molecule has 1 N–H and O–H groups in total. The lowest BCUT2D eigenvalue weighted by molar-refractivity contribution is -0.123. The molecule has 4 aromatic heterocycles. The molecule has 46 heavy (non-hydrogen) atoms. The average Bonchev–Trinajstić information content (AvgIpc) is 3.63. The molecule has 0 atom stereocenters. The quantitative estimate of drug-likeness (QED) is 0.259. The molecule has 11 nitrogen and oxygen atoms in total. The van der Waals surface area contributed by atoms with Crippen LogP contribution in [0.25, 0.3) is 33.7 Å². The minimum absolute atomic E-state index is 0.0400. The number of piperazine rings is 1. The van der Waals surface area contributed by atoms with E-state index in [-0.39, 0.29) is 23.8 Å². The zero-order chi connectivity index (χ0) is 31.6. The molecular weight excluding hydrogens is 578 g/mol. The summed E-state index contributed by atoms with van der Waals surface area (Å²) in [6.45, 7) is 5.90. The number of aromatic nitrogens is 6. The van der Waals surface area contributed by atoms with Crippen molar-refractivity contribution in [2.45, 2.75) is 39.2 Å². The van der Waals surface area contributed by atoms with Crippen LogP contribution < -0.4 is 15.8 Å². The van der Waals surface area contributed by atoms with Crippen molar-refractivity contribution in [1.82, 2.24) is 34.4 Å². The zero-order valence-electron chi connectivity index (χ0n) is 26.2. The lowest BCUT2D eigenvalue weighted by Gasteiger charge is -2.34. The highest BCUT2D eigenvalue weighted by molar-refractivity contribution is 5.86. The lowest BCUT2D eigenvalue weighted by atomic mass is 10.0. The van der Waals surface area contributed by atoms with E-state index in [9.17, 15) is 9.59 Å². The number of ketones is 1. The van der Waals surface area contributed by atoms with Crippen molar-refractivity contribution >= 4 is 34.1 Å². The zero-order valence-corrected chi connectivity index (χ0v) is 26.2. The fourth-order valence-electron chi connectivity index (χ4n) is 6.37. The smallest absolute Gasteiger partial charge is 0.262 e. The number of benzene rings is 1. The Labute approximate surface area is 267 Å². The number of hydrogen-bond donors (Lipinski definition) is 1. The van der Waals surface area contributed by atoms with Gasteiger partial charge in [-0.25, -0.2) is 15.0 Å². The second kappa shape index (κ2) is 12.8. The van der Waals surface area contributed by atoms with E-state index in [1.54, 1.807) is 30.9 Å². The van der Waals surface area contributed by atoms with E-state index in [2.05, 4.69) is 49.2 Å². The molecule has 1 aromatic carbocycles. The summed E-state index contributed by atoms with van der Waals surface area (Å²) in [6, 6.07) is 13.7. The predicted molar refractivity (Wildman–Crippen MR) is 179 cm³/mol. The molecule has 0 spiro atoms. The summed E-state index contributed by atoms with van der Waals surface area (Å²) in [5.74, 6) is 0.838. The van der Waals surface area contributed by atoms with Crippen LogP contribution in [0.4, 0.5) is 17.3 Å². The Morgan fingerprint density at radius 1 is 0.957 bits per heavy atom. The first kappa shape index (κ1) is 29.7. The first-order valence-corrected chi connectivity index (χ1v) is 15.9. The number of nitrogens with one attached hydrogen (secondary N) is 1. The van der Waals surface area contributed by atoms with E-state index >= 15 is 0 Å². The molecule has 7 rings (SSSR count). The molecule has 234 valence electrons. The highest BCUT2D eigenvalue weighted by Gasteiger charge is 2.25. The van der Waals surface area contributed by atoms with Crippen molar-refractivity contribution < 1.29 is 4.79 Å². The number of Topliss-reactive ketones (excluding diaryl/α,β-unsaturated/α-hetero) is 1. The number of carbonyl (C=O) groups excluding carboxylic acids is 1. The summed E-state index contributed by atoms with van der Waals surface area (Å²) in [5, 5.41) is 3.94. The van der Waals surface area contributed by atoms with Gasteiger partial charge in [-0.3, -0.25) is 19.1 Å². The number of carbonyl (C=O) groups is 1. The monoisotopic (exact) mass is 615 g/mol. The van der Waals surface area contributed by atoms with E-state index in [4.69, 9.17) is 9.97 Å². The maximum absolute atomic E-state index is 14.3. The van der Waals surface area contributed by atoms with Gasteiger partial charge >= 0.3 is 0 Å². The SMILES string of the molecule is Cc1cnc(-c2cccnc2)nc1-c1cc2cnc(Nc3ccc(N4CCN(C)CC4)cc3)nc2n(CC(=O)C2CCCC2)c1=O. The van der Waals surface area contributed by atoms with Crippen LogP contribution in [0.5, 0.6) is 0 Å². The molecule has 2 aliphatic rings. The van der Waals surface area contributed by atoms with Gasteiger partial charge in [-0.05, 0) is 74.8 Å². The van der Waals surface area contributed by atoms with E-state index in [1.165, 1.54) is 10.3 Å². The third-order valence-corrected chi connectivity index (χ3v) is 9.09. The molecule has 5 heterocycles. The molecule has 1 aliphatic carbocycles. The largest absolute Gasteiger partial charge is 0.369 e. The van der Waals surface area contributed by atoms with Crippen molar-refractivity contribution in [2.75, 3.05) is 43.4 Å². The predicted octanol–water partition coefficient (Wildman–Crippen LogP) is 4.87. The highest BCUT2D eigenvalue weighted by Crippen LogP contribution is 2.28. The average molecular weight is 616 g/mol. The van der Waals surface area contributed by atoms with Crippen LogP contribution in [0, 0.1) is 12.8 Å². The number of nitrogens with zero attached hydrogens (tertiary/aromatic N) is 8. The second-order valence-electron chi connectivity index (χ2n) is 12.3. The molecule has 1 aliphatic heterocycles. The molecule has 1 saturated carbocycles. The Kier molecular flexibility index (Phi) is 8.23. The van der Waals surface area contributed by atoms with Gasteiger partial charge in [-0.1, -0.05) is 12.8 Å². The molecule has 0 unspecified atom stereocenters. The van der Waals surface area contributed by atoms with Crippen LogP contribution in [0.2, 0.25) is 0 Å². The fourth-order valence-corrected chi connectivity index (χ4v) is 6.37. The highest BCUT2D eigenvalue weighted by atomic mass is 16.1. The fraction of sp³-hybridized carbons (Fsp3) is 0.343. The molecule has 5 aromatic rings. The summed E-state index contributed by atoms with van der Waals surface area (Å²) in [4.78, 5) is 55.3. The molecular formula is C35H37N9O2. The number of fused-ring (bicyclic) bond motifs is 1. The lowest BCUT2D eigenvalue weighted by Crippen LogP contribution is -2.44. The normalized spacial score (nSPS) is 15.8. The summed E-state index contributed by atoms with van der Waals surface area (Å²) < 4.78 is 1.50. The Balaban J connectivity index is 1.25. The maximum Gasteiger partial charge on any atom is 0.262 e. The second-order valence-corrected chi connectivity index (χ2v) is 12.3.